The van der Waals surface area contributed by atoms with Crippen LogP contribution in [0, 0.1) is 5.41 Å². The smallest absolute Gasteiger partial charge is 0.0390 e. The molecule has 0 saturated heterocycles. The number of nitrogens with two attached hydrogens (primary N) is 1. The number of hydrogen-bond donors (Lipinski definition) is 2. The summed E-state index contributed by atoms with van der Waals surface area (Å²) in [7, 11) is 0. The van der Waals surface area contributed by atoms with Gasteiger partial charge in [-0.05, 0) is 158 Å². The van der Waals surface area contributed by atoms with Crippen LogP contribution in [0.3, 0.4) is 0 Å². The second-order valence-electron chi connectivity index (χ2n) is 18.1. The molecule has 2 heteroatoms. The third-order valence-electron chi connectivity index (χ3n) is 13.5. The average Bonchev–Trinajstić information content (AvgIpc) is 3.72. The summed E-state index contributed by atoms with van der Waals surface area (Å²) in [6.45, 7) is 4.70. The number of rotatable bonds is 7. The summed E-state index contributed by atoms with van der Waals surface area (Å²) in [5, 5.41) is 14.3. The molecule has 0 spiro atoms. The number of nitrogen functional groups attached to an aromatic ring is 1. The standard InChI is InChI=1S/C63H46N2/c1-63(2)39-50(34-47-33-46-35-60-53-19-11-9-17-51(53)52-18-10-12-20-54(52)61(60)38-59(46)62(47)63)65-49-30-32-56(58(37-49)45-27-23-43(24-28-45)41-15-7-4-8-16-41)55-31-29-48(64)36-57(55)44-25-21-42(22-26-44)40-13-5-3-6-14-40/h3-39,65H,64H2,1-2H3. The lowest BCUT2D eigenvalue weighted by Gasteiger charge is -2.30. The van der Waals surface area contributed by atoms with Crippen molar-refractivity contribution in [1.29, 1.82) is 0 Å². The number of anilines is 2. The van der Waals surface area contributed by atoms with Crippen molar-refractivity contribution < 1.29 is 0 Å². The molecule has 0 fully saturated rings. The monoisotopic (exact) mass is 830 g/mol. The fourth-order valence-electron chi connectivity index (χ4n) is 10.5. The van der Waals surface area contributed by atoms with Crippen LogP contribution in [-0.4, -0.2) is 0 Å². The molecule has 12 rings (SSSR count). The molecule has 0 amide bonds. The van der Waals surface area contributed by atoms with Gasteiger partial charge in [0.15, 0.2) is 0 Å². The van der Waals surface area contributed by atoms with Crippen LogP contribution < -0.4 is 21.5 Å². The van der Waals surface area contributed by atoms with E-state index in [2.05, 4.69) is 238 Å². The quantitative estimate of drug-likeness (QED) is 0.124. The predicted octanol–water partition coefficient (Wildman–Crippen LogP) is 15.0. The Morgan fingerprint density at radius 3 is 1.42 bits per heavy atom. The van der Waals surface area contributed by atoms with E-state index in [-0.39, 0.29) is 5.41 Å². The van der Waals surface area contributed by atoms with E-state index in [0.717, 1.165) is 50.5 Å². The molecule has 0 heterocycles. The van der Waals surface area contributed by atoms with Crippen molar-refractivity contribution in [3.63, 3.8) is 0 Å². The maximum absolute atomic E-state index is 6.54. The number of benzene rings is 10. The number of hydrogen-bond acceptors (Lipinski definition) is 2. The van der Waals surface area contributed by atoms with Crippen LogP contribution in [0.4, 0.5) is 11.4 Å². The van der Waals surface area contributed by atoms with Crippen LogP contribution in [0.5, 0.6) is 0 Å². The van der Waals surface area contributed by atoms with Gasteiger partial charge < -0.3 is 11.1 Å². The van der Waals surface area contributed by atoms with Gasteiger partial charge in [-0.3, -0.25) is 0 Å². The van der Waals surface area contributed by atoms with Crippen molar-refractivity contribution in [2.24, 2.45) is 5.41 Å². The van der Waals surface area contributed by atoms with Gasteiger partial charge in [0.05, 0.1) is 0 Å². The number of fused-ring (bicyclic) bond motifs is 8. The maximum Gasteiger partial charge on any atom is 0.0390 e. The van der Waals surface area contributed by atoms with Crippen LogP contribution in [0.2, 0.25) is 0 Å². The Kier molecular flexibility index (Phi) is 9.03. The molecule has 0 aliphatic heterocycles. The SMILES string of the molecule is CC1(C)C=C(Nc2ccc(-c3ccc(N)cc3-c3ccc(-c4ccccc4)cc3)c(-c3ccc(-c4ccccc4)cc3)c2)C=C2C=c3cc4c5ccccc5c5ccccc5c4cc3=C21. The Hall–Kier alpha value is -8.20. The molecule has 0 atom stereocenters. The molecule has 308 valence electrons. The summed E-state index contributed by atoms with van der Waals surface area (Å²) in [6, 6.07) is 74.6. The van der Waals surface area contributed by atoms with Gasteiger partial charge in [0, 0.05) is 22.5 Å². The highest BCUT2D eigenvalue weighted by Gasteiger charge is 2.31. The molecule has 3 N–H and O–H groups in total. The lowest BCUT2D eigenvalue weighted by Crippen LogP contribution is -2.28. The van der Waals surface area contributed by atoms with E-state index in [9.17, 15) is 0 Å². The van der Waals surface area contributed by atoms with Gasteiger partial charge in [-0.15, -0.1) is 0 Å². The van der Waals surface area contributed by atoms with Crippen LogP contribution in [0.1, 0.15) is 13.8 Å². The Morgan fingerprint density at radius 2 is 0.846 bits per heavy atom. The van der Waals surface area contributed by atoms with E-state index >= 15 is 0 Å². The lowest BCUT2D eigenvalue weighted by molar-refractivity contribution is 0.639. The van der Waals surface area contributed by atoms with Gasteiger partial charge in [0.2, 0.25) is 0 Å². The minimum absolute atomic E-state index is 0.223. The second kappa shape index (κ2) is 15.3. The normalized spacial score (nSPS) is 13.8. The van der Waals surface area contributed by atoms with E-state index in [1.165, 1.54) is 76.2 Å². The molecule has 0 aromatic heterocycles. The van der Waals surface area contributed by atoms with Crippen LogP contribution in [0.25, 0.3) is 99.6 Å². The topological polar surface area (TPSA) is 38.0 Å². The highest BCUT2D eigenvalue weighted by atomic mass is 14.9. The Labute approximate surface area is 379 Å². The second-order valence-corrected chi connectivity index (χ2v) is 18.1. The molecular formula is C63H46N2. The van der Waals surface area contributed by atoms with Crippen LogP contribution in [0.15, 0.2) is 230 Å². The first-order valence-electron chi connectivity index (χ1n) is 22.5. The molecule has 2 nitrogen and oxygen atoms in total. The van der Waals surface area contributed by atoms with Crippen molar-refractivity contribution in [3.05, 3.63) is 240 Å². The van der Waals surface area contributed by atoms with E-state index in [4.69, 9.17) is 5.73 Å². The van der Waals surface area contributed by atoms with E-state index in [1.807, 2.05) is 6.07 Å². The molecule has 0 unspecified atom stereocenters. The summed E-state index contributed by atoms with van der Waals surface area (Å²) in [4.78, 5) is 0. The maximum atomic E-state index is 6.54. The molecule has 0 bridgehead atoms. The van der Waals surface area contributed by atoms with E-state index in [1.54, 1.807) is 0 Å². The zero-order valence-corrected chi connectivity index (χ0v) is 36.4. The summed E-state index contributed by atoms with van der Waals surface area (Å²) in [5.41, 5.74) is 23.4. The molecule has 0 saturated carbocycles. The van der Waals surface area contributed by atoms with Crippen molar-refractivity contribution in [2.75, 3.05) is 11.1 Å². The third-order valence-corrected chi connectivity index (χ3v) is 13.5. The predicted molar refractivity (Wildman–Crippen MR) is 278 cm³/mol. The summed E-state index contributed by atoms with van der Waals surface area (Å²) in [5.74, 6) is 0. The first-order chi connectivity index (χ1) is 31.8. The van der Waals surface area contributed by atoms with Gasteiger partial charge in [0.1, 0.15) is 0 Å². The molecule has 0 radical (unpaired) electrons. The lowest BCUT2D eigenvalue weighted by atomic mass is 9.76. The fraction of sp³-hybridized carbons (Fsp3) is 0.0476. The molecule has 2 aliphatic carbocycles. The van der Waals surface area contributed by atoms with E-state index < -0.39 is 0 Å². The largest absolute Gasteiger partial charge is 0.399 e. The van der Waals surface area contributed by atoms with E-state index in [0.29, 0.717) is 0 Å². The minimum Gasteiger partial charge on any atom is -0.399 e. The van der Waals surface area contributed by atoms with Crippen molar-refractivity contribution in [3.8, 4) is 55.6 Å². The van der Waals surface area contributed by atoms with Gasteiger partial charge >= 0.3 is 0 Å². The van der Waals surface area contributed by atoms with Crippen molar-refractivity contribution >= 4 is 55.3 Å². The zero-order chi connectivity index (χ0) is 43.6. The minimum atomic E-state index is -0.223. The van der Waals surface area contributed by atoms with Crippen LogP contribution >= 0.6 is 0 Å². The molecular weight excluding hydrogens is 785 g/mol. The first kappa shape index (κ1) is 38.5. The highest BCUT2D eigenvalue weighted by molar-refractivity contribution is 6.25. The summed E-state index contributed by atoms with van der Waals surface area (Å²) < 4.78 is 0. The van der Waals surface area contributed by atoms with Crippen molar-refractivity contribution in [2.45, 2.75) is 13.8 Å². The molecule has 10 aromatic carbocycles. The van der Waals surface area contributed by atoms with Gasteiger partial charge in [0.25, 0.3) is 0 Å². The van der Waals surface area contributed by atoms with Crippen LogP contribution in [-0.2, 0) is 0 Å². The van der Waals surface area contributed by atoms with Crippen molar-refractivity contribution in [1.82, 2.24) is 0 Å². The average molecular weight is 831 g/mol. The zero-order valence-electron chi connectivity index (χ0n) is 36.4. The fourth-order valence-corrected chi connectivity index (χ4v) is 10.5. The highest BCUT2D eigenvalue weighted by Crippen LogP contribution is 2.44. The molecule has 2 aliphatic rings. The number of nitrogens with one attached hydrogen (secondary N) is 1. The Morgan fingerprint density at radius 1 is 0.385 bits per heavy atom. The Bertz CT molecular complexity index is 3720. The van der Waals surface area contributed by atoms with Gasteiger partial charge in [-0.25, -0.2) is 0 Å². The van der Waals surface area contributed by atoms with Gasteiger partial charge in [-0.2, -0.15) is 0 Å². The van der Waals surface area contributed by atoms with Gasteiger partial charge in [-0.1, -0.05) is 190 Å². The summed E-state index contributed by atoms with van der Waals surface area (Å²) >= 11 is 0. The molecule has 65 heavy (non-hydrogen) atoms. The summed E-state index contributed by atoms with van der Waals surface area (Å²) in [6.07, 6.45) is 7.13. The molecule has 10 aromatic rings. The third kappa shape index (κ3) is 6.74. The first-order valence-corrected chi connectivity index (χ1v) is 22.5. The Balaban J connectivity index is 0.959. The number of allylic oxidation sites excluding steroid dienone is 3.